The number of nitrogens with zero attached hydrogens (tertiary/aromatic N) is 3. The van der Waals surface area contributed by atoms with Crippen molar-refractivity contribution >= 4 is 0 Å². The van der Waals surface area contributed by atoms with Crippen molar-refractivity contribution in [2.24, 2.45) is 0 Å². The van der Waals surface area contributed by atoms with Gasteiger partial charge in [-0.1, -0.05) is 6.07 Å². The summed E-state index contributed by atoms with van der Waals surface area (Å²) < 4.78 is 20.9. The Balaban J connectivity index is 2.04. The van der Waals surface area contributed by atoms with Crippen LogP contribution in [0.3, 0.4) is 0 Å². The first kappa shape index (κ1) is 13.1. The first-order valence-electron chi connectivity index (χ1n) is 5.95. The third-order valence-corrected chi connectivity index (χ3v) is 2.68. The first-order valence-corrected chi connectivity index (χ1v) is 5.95. The van der Waals surface area contributed by atoms with Crippen molar-refractivity contribution < 1.29 is 9.13 Å². The van der Waals surface area contributed by atoms with E-state index in [0.29, 0.717) is 16.9 Å². The summed E-state index contributed by atoms with van der Waals surface area (Å²) in [5.41, 5.74) is 0.713. The molecular formula is C14H14FN3O. The highest BCUT2D eigenvalue weighted by atomic mass is 19.1. The molecule has 1 aromatic carbocycles. The van der Waals surface area contributed by atoms with Crippen molar-refractivity contribution in [2.75, 3.05) is 0 Å². The third-order valence-electron chi connectivity index (χ3n) is 2.68. The highest BCUT2D eigenvalue weighted by Gasteiger charge is 2.06. The molecule has 1 aromatic heterocycles. The van der Waals surface area contributed by atoms with Gasteiger partial charge < -0.3 is 4.74 Å². The van der Waals surface area contributed by atoms with Gasteiger partial charge in [0.15, 0.2) is 5.75 Å². The molecule has 0 aliphatic carbocycles. The Morgan fingerprint density at radius 1 is 1.47 bits per heavy atom. The molecule has 2 aromatic rings. The number of nitriles is 1. The molecule has 0 aliphatic rings. The summed E-state index contributed by atoms with van der Waals surface area (Å²) in [7, 11) is 0. The predicted molar refractivity (Wildman–Crippen MR) is 68.1 cm³/mol. The third kappa shape index (κ3) is 3.10. The second-order valence-electron chi connectivity index (χ2n) is 4.46. The average molecular weight is 259 g/mol. The molecule has 0 saturated carbocycles. The summed E-state index contributed by atoms with van der Waals surface area (Å²) in [6.07, 6.45) is 3.37. The van der Waals surface area contributed by atoms with Crippen molar-refractivity contribution in [3.8, 4) is 11.8 Å². The zero-order chi connectivity index (χ0) is 13.8. The van der Waals surface area contributed by atoms with Crippen LogP contribution in [-0.2, 0) is 6.61 Å². The molecule has 0 fully saturated rings. The topological polar surface area (TPSA) is 50.8 Å². The van der Waals surface area contributed by atoms with Crippen LogP contribution in [0.2, 0.25) is 0 Å². The van der Waals surface area contributed by atoms with Gasteiger partial charge in [0, 0.05) is 11.6 Å². The second-order valence-corrected chi connectivity index (χ2v) is 4.46. The van der Waals surface area contributed by atoms with Crippen LogP contribution in [0.5, 0.6) is 5.75 Å². The minimum Gasteiger partial charge on any atom is -0.486 e. The first-order chi connectivity index (χ1) is 9.10. The summed E-state index contributed by atoms with van der Waals surface area (Å²) in [5, 5.41) is 12.8. The maximum Gasteiger partial charge on any atom is 0.157 e. The van der Waals surface area contributed by atoms with E-state index in [2.05, 4.69) is 5.10 Å². The number of hydrogen-bond acceptors (Lipinski definition) is 3. The predicted octanol–water partition coefficient (Wildman–Crippen LogP) is 3.05. The molecule has 5 heteroatoms. The van der Waals surface area contributed by atoms with E-state index in [4.69, 9.17) is 10.00 Å². The van der Waals surface area contributed by atoms with Crippen molar-refractivity contribution in [2.45, 2.75) is 26.5 Å². The van der Waals surface area contributed by atoms with E-state index in [9.17, 15) is 4.39 Å². The molecule has 2 rings (SSSR count). The van der Waals surface area contributed by atoms with Gasteiger partial charge in [-0.15, -0.1) is 0 Å². The van der Waals surface area contributed by atoms with Crippen LogP contribution < -0.4 is 4.74 Å². The van der Waals surface area contributed by atoms with E-state index in [0.717, 1.165) is 0 Å². The van der Waals surface area contributed by atoms with Crippen molar-refractivity contribution in [1.29, 1.82) is 5.26 Å². The van der Waals surface area contributed by atoms with Crippen LogP contribution in [0.25, 0.3) is 0 Å². The molecule has 4 nitrogen and oxygen atoms in total. The van der Waals surface area contributed by atoms with Crippen LogP contribution in [0.1, 0.15) is 31.0 Å². The van der Waals surface area contributed by atoms with E-state index >= 15 is 0 Å². The smallest absolute Gasteiger partial charge is 0.157 e. The molecule has 0 radical (unpaired) electrons. The quantitative estimate of drug-likeness (QED) is 0.847. The van der Waals surface area contributed by atoms with Gasteiger partial charge in [-0.2, -0.15) is 10.4 Å². The van der Waals surface area contributed by atoms with Gasteiger partial charge in [0.25, 0.3) is 0 Å². The van der Waals surface area contributed by atoms with Crippen molar-refractivity contribution in [3.63, 3.8) is 0 Å². The number of benzene rings is 1. The van der Waals surface area contributed by atoms with E-state index in [-0.39, 0.29) is 12.6 Å². The lowest BCUT2D eigenvalue weighted by molar-refractivity contribution is 0.299. The number of rotatable bonds is 4. The fourth-order valence-corrected chi connectivity index (χ4v) is 1.57. The fourth-order valence-electron chi connectivity index (χ4n) is 1.57. The Kier molecular flexibility index (Phi) is 3.81. The number of aromatic nitrogens is 2. The van der Waals surface area contributed by atoms with E-state index in [1.807, 2.05) is 19.9 Å². The number of ether oxygens (including phenoxy) is 1. The molecule has 0 atom stereocenters. The van der Waals surface area contributed by atoms with Gasteiger partial charge in [0.1, 0.15) is 12.4 Å². The Morgan fingerprint density at radius 3 is 2.84 bits per heavy atom. The van der Waals surface area contributed by atoms with Crippen LogP contribution in [0, 0.1) is 17.1 Å². The normalized spacial score (nSPS) is 10.5. The van der Waals surface area contributed by atoms with Gasteiger partial charge in [0.2, 0.25) is 0 Å². The van der Waals surface area contributed by atoms with E-state index in [1.54, 1.807) is 29.2 Å². The highest BCUT2D eigenvalue weighted by Crippen LogP contribution is 2.16. The lowest BCUT2D eigenvalue weighted by atomic mass is 10.1. The highest BCUT2D eigenvalue weighted by molar-refractivity contribution is 5.32. The summed E-state index contributed by atoms with van der Waals surface area (Å²) >= 11 is 0. The maximum absolute atomic E-state index is 13.6. The maximum atomic E-state index is 13.6. The Labute approximate surface area is 111 Å². The Hall–Kier alpha value is -2.35. The second kappa shape index (κ2) is 5.53. The molecule has 98 valence electrons. The molecule has 0 N–H and O–H groups in total. The monoisotopic (exact) mass is 259 g/mol. The molecule has 1 heterocycles. The minimum atomic E-state index is -0.435. The van der Waals surface area contributed by atoms with Crippen LogP contribution in [-0.4, -0.2) is 9.78 Å². The molecule has 0 saturated heterocycles. The molecular weight excluding hydrogens is 245 g/mol. The zero-order valence-electron chi connectivity index (χ0n) is 10.8. The van der Waals surface area contributed by atoms with Gasteiger partial charge in [-0.25, -0.2) is 4.39 Å². The summed E-state index contributed by atoms with van der Waals surface area (Å²) in [4.78, 5) is 0. The minimum absolute atomic E-state index is 0.112. The fraction of sp³-hybridized carbons (Fsp3) is 0.286. The Bertz CT molecular complexity index is 613. The molecule has 0 bridgehead atoms. The summed E-state index contributed by atoms with van der Waals surface area (Å²) in [5.74, 6) is 0.160. The summed E-state index contributed by atoms with van der Waals surface area (Å²) in [6.45, 7) is 4.13. The average Bonchev–Trinajstić information content (AvgIpc) is 2.86. The van der Waals surface area contributed by atoms with E-state index < -0.39 is 5.82 Å². The summed E-state index contributed by atoms with van der Waals surface area (Å²) in [6, 6.07) is 6.47. The lowest BCUT2D eigenvalue weighted by Gasteiger charge is -2.06. The SMILES string of the molecule is CC(C)n1cc(OCc2ccc(C#N)cc2F)cn1. The molecule has 0 amide bonds. The van der Waals surface area contributed by atoms with E-state index in [1.165, 1.54) is 6.07 Å². The molecule has 0 spiro atoms. The Morgan fingerprint density at radius 2 is 2.26 bits per heavy atom. The lowest BCUT2D eigenvalue weighted by Crippen LogP contribution is -2.00. The number of hydrogen-bond donors (Lipinski definition) is 0. The van der Waals surface area contributed by atoms with Gasteiger partial charge in [-0.05, 0) is 26.0 Å². The largest absolute Gasteiger partial charge is 0.486 e. The van der Waals surface area contributed by atoms with Crippen molar-refractivity contribution in [1.82, 2.24) is 9.78 Å². The van der Waals surface area contributed by atoms with Gasteiger partial charge in [0.05, 0.1) is 24.0 Å². The van der Waals surface area contributed by atoms with Crippen LogP contribution in [0.15, 0.2) is 30.6 Å². The standard InChI is InChI=1S/C14H14FN3O/c1-10(2)18-8-13(7-17-18)19-9-12-4-3-11(6-16)5-14(12)15/h3-5,7-8,10H,9H2,1-2H3. The van der Waals surface area contributed by atoms with Crippen LogP contribution in [0.4, 0.5) is 4.39 Å². The van der Waals surface area contributed by atoms with Gasteiger partial charge in [-0.3, -0.25) is 4.68 Å². The van der Waals surface area contributed by atoms with Crippen molar-refractivity contribution in [3.05, 3.63) is 47.5 Å². The number of halogens is 1. The molecule has 0 aliphatic heterocycles. The van der Waals surface area contributed by atoms with Crippen LogP contribution >= 0.6 is 0 Å². The molecule has 19 heavy (non-hydrogen) atoms. The van der Waals surface area contributed by atoms with Gasteiger partial charge >= 0.3 is 0 Å². The molecule has 0 unspecified atom stereocenters. The zero-order valence-corrected chi connectivity index (χ0v) is 10.8.